The molecule has 3 rings (SSSR count). The van der Waals surface area contributed by atoms with Crippen LogP contribution in [0.25, 0.3) is 11.2 Å². The van der Waals surface area contributed by atoms with E-state index < -0.39 is 0 Å². The van der Waals surface area contributed by atoms with Gasteiger partial charge in [0, 0.05) is 23.3 Å². The average Bonchev–Trinajstić information content (AvgIpc) is 2.94. The highest BCUT2D eigenvalue weighted by molar-refractivity contribution is 9.10. The topological polar surface area (TPSA) is 42.7 Å². The fourth-order valence-electron chi connectivity index (χ4n) is 2.66. The summed E-state index contributed by atoms with van der Waals surface area (Å²) in [7, 11) is 0. The highest BCUT2D eigenvalue weighted by Crippen LogP contribution is 2.20. The lowest BCUT2D eigenvalue weighted by molar-refractivity contribution is 0.505. The van der Waals surface area contributed by atoms with Crippen molar-refractivity contribution in [3.8, 4) is 0 Å². The Morgan fingerprint density at radius 3 is 3.22 bits per heavy atom. The molecule has 0 amide bonds. The number of hydrogen-bond acceptors (Lipinski definition) is 3. The quantitative estimate of drug-likeness (QED) is 0.948. The number of pyridine rings is 1. The van der Waals surface area contributed by atoms with E-state index in [9.17, 15) is 0 Å². The Balaban J connectivity index is 1.85. The van der Waals surface area contributed by atoms with Crippen molar-refractivity contribution in [2.24, 2.45) is 0 Å². The molecule has 1 aliphatic heterocycles. The van der Waals surface area contributed by atoms with E-state index in [2.05, 4.69) is 48.8 Å². The molecule has 1 atom stereocenters. The first-order valence-corrected chi connectivity index (χ1v) is 7.25. The van der Waals surface area contributed by atoms with Crippen LogP contribution in [0.2, 0.25) is 0 Å². The molecule has 5 heteroatoms. The van der Waals surface area contributed by atoms with Gasteiger partial charge in [0.25, 0.3) is 0 Å². The molecule has 0 aliphatic carbocycles. The molecule has 1 N–H and O–H groups in total. The van der Waals surface area contributed by atoms with E-state index in [4.69, 9.17) is 0 Å². The zero-order valence-corrected chi connectivity index (χ0v) is 12.1. The van der Waals surface area contributed by atoms with Crippen LogP contribution in [0.15, 0.2) is 16.7 Å². The molecule has 18 heavy (non-hydrogen) atoms. The van der Waals surface area contributed by atoms with Gasteiger partial charge in [-0.1, -0.05) is 0 Å². The van der Waals surface area contributed by atoms with E-state index in [-0.39, 0.29) is 0 Å². The molecular formula is C13H17BrN4. The number of nitrogens with zero attached hydrogens (tertiary/aromatic N) is 3. The molecule has 1 saturated heterocycles. The summed E-state index contributed by atoms with van der Waals surface area (Å²) in [6.45, 7) is 4.23. The zero-order valence-electron chi connectivity index (χ0n) is 10.5. The highest BCUT2D eigenvalue weighted by Gasteiger charge is 2.15. The van der Waals surface area contributed by atoms with Gasteiger partial charge < -0.3 is 9.88 Å². The largest absolute Gasteiger partial charge is 0.327 e. The minimum absolute atomic E-state index is 0.668. The van der Waals surface area contributed by atoms with Crippen LogP contribution in [0.5, 0.6) is 0 Å². The first kappa shape index (κ1) is 12.1. The second-order valence-corrected chi connectivity index (χ2v) is 5.80. The molecule has 0 spiro atoms. The van der Waals surface area contributed by atoms with Gasteiger partial charge in [0.1, 0.15) is 5.82 Å². The molecular weight excluding hydrogens is 292 g/mol. The maximum atomic E-state index is 4.51. The molecule has 96 valence electrons. The fourth-order valence-corrected chi connectivity index (χ4v) is 2.98. The first-order valence-electron chi connectivity index (χ1n) is 6.46. The maximum Gasteiger partial charge on any atom is 0.177 e. The summed E-state index contributed by atoms with van der Waals surface area (Å²) in [4.78, 5) is 8.86. The number of hydrogen-bond donors (Lipinski definition) is 1. The number of aromatic nitrogens is 3. The van der Waals surface area contributed by atoms with Crippen LogP contribution in [0, 0.1) is 6.92 Å². The Kier molecular flexibility index (Phi) is 3.35. The highest BCUT2D eigenvalue weighted by atomic mass is 79.9. The van der Waals surface area contributed by atoms with Gasteiger partial charge >= 0.3 is 0 Å². The van der Waals surface area contributed by atoms with E-state index in [0.29, 0.717) is 6.04 Å². The number of aryl methyl sites for hydroxylation is 2. The monoisotopic (exact) mass is 308 g/mol. The van der Waals surface area contributed by atoms with Crippen LogP contribution < -0.4 is 5.32 Å². The number of halogens is 1. The molecule has 2 aromatic heterocycles. The predicted molar refractivity (Wildman–Crippen MR) is 75.6 cm³/mol. The average molecular weight is 309 g/mol. The normalized spacial score (nSPS) is 19.8. The summed E-state index contributed by atoms with van der Waals surface area (Å²) in [5, 5.41) is 3.54. The Bertz CT molecular complexity index is 557. The Morgan fingerprint density at radius 1 is 1.56 bits per heavy atom. The van der Waals surface area contributed by atoms with Crippen LogP contribution in [-0.2, 0) is 6.54 Å². The molecule has 0 bridgehead atoms. The van der Waals surface area contributed by atoms with Gasteiger partial charge in [0.05, 0.1) is 5.52 Å². The van der Waals surface area contributed by atoms with E-state index in [1.54, 1.807) is 6.20 Å². The van der Waals surface area contributed by atoms with Gasteiger partial charge in [-0.05, 0) is 54.7 Å². The number of fused-ring (bicyclic) bond motifs is 1. The van der Waals surface area contributed by atoms with E-state index in [0.717, 1.165) is 28.0 Å². The Labute approximate surface area is 115 Å². The van der Waals surface area contributed by atoms with Crippen molar-refractivity contribution < 1.29 is 0 Å². The van der Waals surface area contributed by atoms with Crippen LogP contribution in [0.3, 0.4) is 0 Å². The summed E-state index contributed by atoms with van der Waals surface area (Å²) in [5.41, 5.74) is 1.97. The Morgan fingerprint density at radius 2 is 2.44 bits per heavy atom. The molecule has 2 aromatic rings. The van der Waals surface area contributed by atoms with E-state index in [1.165, 1.54) is 25.8 Å². The van der Waals surface area contributed by atoms with Crippen LogP contribution >= 0.6 is 15.9 Å². The third kappa shape index (κ3) is 2.29. The van der Waals surface area contributed by atoms with Crippen molar-refractivity contribution in [1.29, 1.82) is 0 Å². The lowest BCUT2D eigenvalue weighted by Crippen LogP contribution is -2.23. The number of rotatable bonds is 3. The smallest absolute Gasteiger partial charge is 0.177 e. The standard InChI is InChI=1S/C13H17BrN4/c1-9-17-13-12(7-10(14)8-16-13)18(9)6-4-11-3-2-5-15-11/h7-8,11,15H,2-6H2,1H3/t11-/m0/s1. The summed E-state index contributed by atoms with van der Waals surface area (Å²) in [6.07, 6.45) is 5.57. The van der Waals surface area contributed by atoms with Crippen molar-refractivity contribution in [3.63, 3.8) is 0 Å². The van der Waals surface area contributed by atoms with Crippen LogP contribution in [0.1, 0.15) is 25.1 Å². The van der Waals surface area contributed by atoms with E-state index in [1.807, 2.05) is 0 Å². The molecule has 0 radical (unpaired) electrons. The lowest BCUT2D eigenvalue weighted by atomic mass is 10.1. The van der Waals surface area contributed by atoms with Crippen molar-refractivity contribution in [2.75, 3.05) is 6.54 Å². The maximum absolute atomic E-state index is 4.51. The van der Waals surface area contributed by atoms with Crippen molar-refractivity contribution in [1.82, 2.24) is 19.9 Å². The third-order valence-corrected chi connectivity index (χ3v) is 4.06. The summed E-state index contributed by atoms with van der Waals surface area (Å²) < 4.78 is 3.28. The van der Waals surface area contributed by atoms with Gasteiger partial charge in [-0.25, -0.2) is 9.97 Å². The van der Waals surface area contributed by atoms with Crippen molar-refractivity contribution in [2.45, 2.75) is 38.8 Å². The number of imidazole rings is 1. The third-order valence-electron chi connectivity index (χ3n) is 3.63. The molecule has 4 nitrogen and oxygen atoms in total. The minimum Gasteiger partial charge on any atom is -0.327 e. The van der Waals surface area contributed by atoms with Crippen LogP contribution in [0.4, 0.5) is 0 Å². The fraction of sp³-hybridized carbons (Fsp3) is 0.538. The summed E-state index contributed by atoms with van der Waals surface area (Å²) in [5.74, 6) is 1.05. The second-order valence-electron chi connectivity index (χ2n) is 4.89. The first-order chi connectivity index (χ1) is 8.74. The summed E-state index contributed by atoms with van der Waals surface area (Å²) in [6, 6.07) is 2.77. The number of nitrogens with one attached hydrogen (secondary N) is 1. The Hall–Kier alpha value is -0.940. The minimum atomic E-state index is 0.668. The van der Waals surface area contributed by atoms with E-state index >= 15 is 0 Å². The second kappa shape index (κ2) is 4.97. The van der Waals surface area contributed by atoms with Gasteiger partial charge in [0.15, 0.2) is 5.65 Å². The van der Waals surface area contributed by atoms with Gasteiger partial charge in [-0.3, -0.25) is 0 Å². The lowest BCUT2D eigenvalue weighted by Gasteiger charge is -2.12. The predicted octanol–water partition coefficient (Wildman–Crippen LogP) is 2.64. The molecule has 1 aliphatic rings. The molecule has 0 aromatic carbocycles. The van der Waals surface area contributed by atoms with Gasteiger partial charge in [-0.15, -0.1) is 0 Å². The molecule has 1 fully saturated rings. The zero-order chi connectivity index (χ0) is 12.5. The van der Waals surface area contributed by atoms with Gasteiger partial charge in [0.2, 0.25) is 0 Å². The molecule has 0 saturated carbocycles. The van der Waals surface area contributed by atoms with Crippen LogP contribution in [-0.4, -0.2) is 27.1 Å². The summed E-state index contributed by atoms with van der Waals surface area (Å²) >= 11 is 3.48. The van der Waals surface area contributed by atoms with Gasteiger partial charge in [-0.2, -0.15) is 0 Å². The molecule has 0 unspecified atom stereocenters. The SMILES string of the molecule is Cc1nc2ncc(Br)cc2n1CC[C@@H]1CCCN1. The van der Waals surface area contributed by atoms with Crippen molar-refractivity contribution >= 4 is 27.1 Å². The molecule has 3 heterocycles. The van der Waals surface area contributed by atoms with Crippen molar-refractivity contribution in [3.05, 3.63) is 22.6 Å².